The van der Waals surface area contributed by atoms with Gasteiger partial charge in [-0.1, -0.05) is 13.8 Å². The smallest absolute Gasteiger partial charge is 0.326 e. The van der Waals surface area contributed by atoms with Crippen molar-refractivity contribution in [3.8, 4) is 0 Å². The molecule has 8 N–H and O–H groups in total. The summed E-state index contributed by atoms with van der Waals surface area (Å²) in [4.78, 5) is 66.6. The molecule has 184 valence electrons. The van der Waals surface area contributed by atoms with E-state index in [0.29, 0.717) is 5.69 Å². The number of hydrogen-bond acceptors (Lipinski definition) is 8. The summed E-state index contributed by atoms with van der Waals surface area (Å²) in [5.41, 5.74) is 6.26. The summed E-state index contributed by atoms with van der Waals surface area (Å²) >= 11 is 4.03. The van der Waals surface area contributed by atoms with Crippen molar-refractivity contribution in [1.82, 2.24) is 25.9 Å². The molecule has 0 aromatic carbocycles. The Morgan fingerprint density at radius 3 is 2.09 bits per heavy atom. The van der Waals surface area contributed by atoms with Gasteiger partial charge in [-0.15, -0.1) is 0 Å². The second-order valence-electron chi connectivity index (χ2n) is 7.69. The lowest BCUT2D eigenvalue weighted by molar-refractivity contribution is -0.142. The third kappa shape index (κ3) is 9.49. The van der Waals surface area contributed by atoms with Crippen molar-refractivity contribution in [3.63, 3.8) is 0 Å². The van der Waals surface area contributed by atoms with Gasteiger partial charge in [-0.05, 0) is 12.3 Å². The molecule has 1 heterocycles. The molecule has 0 aliphatic heterocycles. The molecule has 0 bridgehead atoms. The third-order valence-electron chi connectivity index (χ3n) is 4.71. The van der Waals surface area contributed by atoms with Crippen LogP contribution in [-0.4, -0.2) is 79.8 Å². The summed E-state index contributed by atoms with van der Waals surface area (Å²) in [5, 5.41) is 25.4. The van der Waals surface area contributed by atoms with Gasteiger partial charge in [0.1, 0.15) is 18.1 Å². The van der Waals surface area contributed by atoms with Crippen LogP contribution in [0, 0.1) is 5.92 Å². The van der Waals surface area contributed by atoms with Gasteiger partial charge in [0.2, 0.25) is 17.7 Å². The van der Waals surface area contributed by atoms with Crippen LogP contribution in [0.2, 0.25) is 0 Å². The Labute approximate surface area is 195 Å². The van der Waals surface area contributed by atoms with Crippen LogP contribution in [0.15, 0.2) is 12.5 Å². The van der Waals surface area contributed by atoms with E-state index in [0.717, 1.165) is 0 Å². The maximum Gasteiger partial charge on any atom is 0.326 e. The van der Waals surface area contributed by atoms with Crippen molar-refractivity contribution in [2.75, 3.05) is 5.75 Å². The number of carboxylic acid groups (broad SMARTS) is 2. The van der Waals surface area contributed by atoms with Crippen molar-refractivity contribution in [3.05, 3.63) is 18.2 Å². The van der Waals surface area contributed by atoms with Crippen molar-refractivity contribution < 1.29 is 34.2 Å². The fourth-order valence-electron chi connectivity index (χ4n) is 2.66. The van der Waals surface area contributed by atoms with E-state index < -0.39 is 60.2 Å². The first-order chi connectivity index (χ1) is 15.5. The maximum atomic E-state index is 12.7. The van der Waals surface area contributed by atoms with Gasteiger partial charge in [-0.3, -0.25) is 19.2 Å². The number of thiol groups is 1. The number of nitrogens with one attached hydrogen (secondary N) is 4. The Balaban J connectivity index is 2.87. The second-order valence-corrected chi connectivity index (χ2v) is 8.05. The summed E-state index contributed by atoms with van der Waals surface area (Å²) in [6.07, 6.45) is 2.05. The zero-order chi connectivity index (χ0) is 25.1. The molecule has 0 saturated carbocycles. The van der Waals surface area contributed by atoms with Gasteiger partial charge in [-0.25, -0.2) is 9.78 Å². The zero-order valence-electron chi connectivity index (χ0n) is 18.3. The number of aromatic amines is 1. The van der Waals surface area contributed by atoms with Crippen LogP contribution in [0.1, 0.15) is 32.4 Å². The van der Waals surface area contributed by atoms with E-state index in [1.54, 1.807) is 13.8 Å². The van der Waals surface area contributed by atoms with Crippen molar-refractivity contribution in [2.24, 2.45) is 11.7 Å². The van der Waals surface area contributed by atoms with Crippen molar-refractivity contribution in [2.45, 2.75) is 57.3 Å². The number of imidazole rings is 1. The van der Waals surface area contributed by atoms with Crippen molar-refractivity contribution in [1.29, 1.82) is 0 Å². The lowest BCUT2D eigenvalue weighted by atomic mass is 10.0. The van der Waals surface area contributed by atoms with E-state index in [4.69, 9.17) is 10.8 Å². The van der Waals surface area contributed by atoms with E-state index in [9.17, 15) is 29.1 Å². The Kier molecular flexibility index (Phi) is 11.4. The number of rotatable bonds is 14. The van der Waals surface area contributed by atoms with Crippen LogP contribution < -0.4 is 21.7 Å². The molecule has 0 fully saturated rings. The average molecular weight is 487 g/mol. The first kappa shape index (κ1) is 27.9. The van der Waals surface area contributed by atoms with Gasteiger partial charge in [0.15, 0.2) is 0 Å². The highest BCUT2D eigenvalue weighted by Gasteiger charge is 2.30. The highest BCUT2D eigenvalue weighted by atomic mass is 32.1. The number of aliphatic carboxylic acids is 2. The van der Waals surface area contributed by atoms with Gasteiger partial charge in [0.25, 0.3) is 0 Å². The summed E-state index contributed by atoms with van der Waals surface area (Å²) in [7, 11) is 0. The van der Waals surface area contributed by atoms with Gasteiger partial charge in [0.05, 0.1) is 12.4 Å². The molecule has 0 radical (unpaired) electrons. The molecular formula is C19H30N6O7S. The predicted molar refractivity (Wildman–Crippen MR) is 119 cm³/mol. The Morgan fingerprint density at radius 2 is 1.61 bits per heavy atom. The SMILES string of the molecule is CC(C)C(N)C(=O)NC(CCC(=O)O)C(=O)NC(CS)C(=O)NC(Cc1cnc[nH]1)C(=O)O. The van der Waals surface area contributed by atoms with Crippen LogP contribution in [-0.2, 0) is 30.4 Å². The van der Waals surface area contributed by atoms with Crippen LogP contribution in [0.4, 0.5) is 0 Å². The maximum absolute atomic E-state index is 12.7. The Morgan fingerprint density at radius 1 is 1.03 bits per heavy atom. The standard InChI is InChI=1S/C19H30N6O7S/c1-9(2)15(20)18(30)23-11(3-4-14(26)27)16(28)25-13(7-33)17(29)24-12(19(31)32)5-10-6-21-8-22-10/h6,8-9,11-13,15,33H,3-5,7,20H2,1-2H3,(H,21,22)(H,23,30)(H,24,29)(H,25,28)(H,26,27)(H,31,32). The first-order valence-electron chi connectivity index (χ1n) is 10.2. The fraction of sp³-hybridized carbons (Fsp3) is 0.579. The molecule has 3 amide bonds. The van der Waals surface area contributed by atoms with Gasteiger partial charge in [-0.2, -0.15) is 12.6 Å². The summed E-state index contributed by atoms with van der Waals surface area (Å²) in [6.45, 7) is 3.42. The lowest BCUT2D eigenvalue weighted by Gasteiger charge is -2.25. The number of nitrogens with zero attached hydrogens (tertiary/aromatic N) is 1. The quantitative estimate of drug-likeness (QED) is 0.140. The van der Waals surface area contributed by atoms with E-state index in [2.05, 4.69) is 38.5 Å². The molecule has 0 saturated heterocycles. The summed E-state index contributed by atoms with van der Waals surface area (Å²) in [5.74, 6) is -5.17. The van der Waals surface area contributed by atoms with E-state index in [-0.39, 0.29) is 24.5 Å². The highest BCUT2D eigenvalue weighted by molar-refractivity contribution is 7.80. The molecule has 13 nitrogen and oxygen atoms in total. The molecule has 4 atom stereocenters. The van der Waals surface area contributed by atoms with Gasteiger partial charge < -0.3 is 36.9 Å². The Hall–Kier alpha value is -3.13. The number of carbonyl (C=O) groups is 5. The molecule has 4 unspecified atom stereocenters. The number of aromatic nitrogens is 2. The minimum absolute atomic E-state index is 0.0707. The number of hydrogen-bond donors (Lipinski definition) is 8. The fourth-order valence-corrected chi connectivity index (χ4v) is 2.92. The molecule has 0 aliphatic carbocycles. The highest BCUT2D eigenvalue weighted by Crippen LogP contribution is 2.05. The molecule has 0 spiro atoms. The number of carbonyl (C=O) groups excluding carboxylic acids is 3. The number of amides is 3. The van der Waals surface area contributed by atoms with Crippen LogP contribution in [0.25, 0.3) is 0 Å². The molecule has 33 heavy (non-hydrogen) atoms. The molecular weight excluding hydrogens is 456 g/mol. The summed E-state index contributed by atoms with van der Waals surface area (Å²) in [6, 6.07) is -4.74. The Bertz CT molecular complexity index is 833. The molecule has 0 aliphatic rings. The van der Waals surface area contributed by atoms with Crippen molar-refractivity contribution >= 4 is 42.3 Å². The van der Waals surface area contributed by atoms with Gasteiger partial charge in [0, 0.05) is 30.5 Å². The second kappa shape index (κ2) is 13.4. The minimum atomic E-state index is -1.30. The van der Waals surface area contributed by atoms with Crippen LogP contribution >= 0.6 is 12.6 Å². The zero-order valence-corrected chi connectivity index (χ0v) is 19.2. The van der Waals surface area contributed by atoms with E-state index >= 15 is 0 Å². The number of H-pyrrole nitrogens is 1. The third-order valence-corrected chi connectivity index (χ3v) is 5.08. The predicted octanol–water partition coefficient (Wildman–Crippen LogP) is -1.73. The average Bonchev–Trinajstić information content (AvgIpc) is 3.26. The first-order valence-corrected chi connectivity index (χ1v) is 10.8. The van der Waals surface area contributed by atoms with Gasteiger partial charge >= 0.3 is 11.9 Å². The topological polar surface area (TPSA) is 217 Å². The number of nitrogens with two attached hydrogens (primary N) is 1. The van der Waals surface area contributed by atoms with Crippen LogP contribution in [0.3, 0.4) is 0 Å². The van der Waals surface area contributed by atoms with E-state index in [1.807, 2.05) is 0 Å². The largest absolute Gasteiger partial charge is 0.481 e. The summed E-state index contributed by atoms with van der Waals surface area (Å²) < 4.78 is 0. The molecule has 14 heteroatoms. The number of carboxylic acids is 2. The monoisotopic (exact) mass is 486 g/mol. The van der Waals surface area contributed by atoms with E-state index in [1.165, 1.54) is 12.5 Å². The minimum Gasteiger partial charge on any atom is -0.481 e. The van der Waals surface area contributed by atoms with Crippen LogP contribution in [0.5, 0.6) is 0 Å². The normalized spacial score (nSPS) is 14.6. The molecule has 1 aromatic rings. The molecule has 1 rings (SSSR count). The molecule has 1 aromatic heterocycles. The lowest BCUT2D eigenvalue weighted by Crippen LogP contribution is -2.58.